The molecule has 1 saturated heterocycles. The molecule has 1 aliphatic heterocycles. The fourth-order valence-electron chi connectivity index (χ4n) is 4.61. The third-order valence-electron chi connectivity index (χ3n) is 7.46. The minimum Gasteiger partial charge on any atom is -0.348 e. The number of aromatic nitrogens is 1. The van der Waals surface area contributed by atoms with E-state index in [1.807, 2.05) is 63.7 Å². The summed E-state index contributed by atoms with van der Waals surface area (Å²) in [5, 5.41) is 5.73. The van der Waals surface area contributed by atoms with Gasteiger partial charge < -0.3 is 15.5 Å². The lowest BCUT2D eigenvalue weighted by Crippen LogP contribution is -2.60. The van der Waals surface area contributed by atoms with Gasteiger partial charge in [0.05, 0.1) is 22.1 Å². The van der Waals surface area contributed by atoms with E-state index in [0.29, 0.717) is 19.4 Å². The Bertz CT molecular complexity index is 1160. The summed E-state index contributed by atoms with van der Waals surface area (Å²) in [6.07, 6.45) is 3.44. The molecule has 2 fully saturated rings. The maximum atomic E-state index is 14.4. The zero-order valence-corrected chi connectivity index (χ0v) is 23.6. The van der Waals surface area contributed by atoms with Crippen LogP contribution in [0.1, 0.15) is 63.8 Å². The number of rotatable bonds is 9. The van der Waals surface area contributed by atoms with Gasteiger partial charge in [-0.3, -0.25) is 14.4 Å². The molecule has 0 bridgehead atoms. The van der Waals surface area contributed by atoms with Crippen molar-refractivity contribution in [1.29, 1.82) is 0 Å². The van der Waals surface area contributed by atoms with Crippen molar-refractivity contribution in [1.82, 2.24) is 20.5 Å². The average Bonchev–Trinajstić information content (AvgIpc) is 3.25. The van der Waals surface area contributed by atoms with Crippen LogP contribution in [0, 0.1) is 6.92 Å². The van der Waals surface area contributed by atoms with Crippen LogP contribution in [-0.2, 0) is 14.4 Å². The number of carbonyl (C=O) groups is 3. The SMILES string of the molecule is CSC(C)(C)C(NC(=O)C1(F)CC1)C(=O)N1CCCC1C(=O)NC(C)c1ccc(-c2scnc2C)cc1. The predicted molar refractivity (Wildman–Crippen MR) is 146 cm³/mol. The zero-order chi connectivity index (χ0) is 27.0. The summed E-state index contributed by atoms with van der Waals surface area (Å²) in [5.41, 5.74) is 2.98. The topological polar surface area (TPSA) is 91.4 Å². The third kappa shape index (κ3) is 5.85. The van der Waals surface area contributed by atoms with Crippen LogP contribution in [0.25, 0.3) is 10.4 Å². The standard InChI is InChI=1S/C27H35FN4O3S2/c1-16(18-8-10-19(11-9-18)21-17(2)29-15-37-21)30-23(33)20-7-6-14-32(20)24(34)22(26(3,4)36-5)31-25(35)27(28)12-13-27/h8-11,15-16,20,22H,6-7,12-14H2,1-5H3,(H,30,33)(H,31,35). The van der Waals surface area contributed by atoms with Gasteiger partial charge in [-0.1, -0.05) is 24.3 Å². The van der Waals surface area contributed by atoms with Gasteiger partial charge in [0, 0.05) is 11.3 Å². The van der Waals surface area contributed by atoms with Crippen molar-refractivity contribution in [3.8, 4) is 10.4 Å². The van der Waals surface area contributed by atoms with E-state index in [9.17, 15) is 18.8 Å². The predicted octanol–water partition coefficient (Wildman–Crippen LogP) is 4.42. The van der Waals surface area contributed by atoms with Crippen molar-refractivity contribution in [2.24, 2.45) is 0 Å². The van der Waals surface area contributed by atoms with Crippen LogP contribution in [0.4, 0.5) is 4.39 Å². The maximum absolute atomic E-state index is 14.4. The summed E-state index contributed by atoms with van der Waals surface area (Å²) >= 11 is 3.02. The van der Waals surface area contributed by atoms with Crippen LogP contribution < -0.4 is 10.6 Å². The van der Waals surface area contributed by atoms with E-state index in [2.05, 4.69) is 15.6 Å². The number of carbonyl (C=O) groups excluding carboxylic acids is 3. The number of halogens is 1. The minimum absolute atomic E-state index is 0.177. The molecular weight excluding hydrogens is 511 g/mol. The lowest BCUT2D eigenvalue weighted by molar-refractivity contribution is -0.143. The van der Waals surface area contributed by atoms with E-state index in [1.165, 1.54) is 11.8 Å². The first-order valence-corrected chi connectivity index (χ1v) is 14.7. The molecule has 2 aromatic rings. The van der Waals surface area contributed by atoms with Gasteiger partial charge in [0.25, 0.3) is 5.91 Å². The fraction of sp³-hybridized carbons (Fsp3) is 0.556. The van der Waals surface area contributed by atoms with Gasteiger partial charge in [-0.25, -0.2) is 9.37 Å². The first-order valence-electron chi connectivity index (χ1n) is 12.6. The number of thiazole rings is 1. The van der Waals surface area contributed by atoms with Crippen LogP contribution in [-0.4, -0.2) is 62.9 Å². The highest BCUT2D eigenvalue weighted by Gasteiger charge is 2.53. The molecule has 7 nitrogen and oxygen atoms in total. The highest BCUT2D eigenvalue weighted by Crippen LogP contribution is 2.40. The Balaban J connectivity index is 1.44. The molecule has 2 N–H and O–H groups in total. The summed E-state index contributed by atoms with van der Waals surface area (Å²) in [6.45, 7) is 8.02. The summed E-state index contributed by atoms with van der Waals surface area (Å²) in [5.74, 6) is -1.30. The number of amides is 3. The summed E-state index contributed by atoms with van der Waals surface area (Å²) < 4.78 is 13.7. The number of alkyl halides is 1. The first kappa shape index (κ1) is 27.6. The molecule has 0 spiro atoms. The number of benzene rings is 1. The van der Waals surface area contributed by atoms with Gasteiger partial charge in [-0.05, 0) is 70.8 Å². The van der Waals surface area contributed by atoms with Crippen molar-refractivity contribution in [2.75, 3.05) is 12.8 Å². The van der Waals surface area contributed by atoms with E-state index in [0.717, 1.165) is 21.7 Å². The van der Waals surface area contributed by atoms with E-state index in [4.69, 9.17) is 0 Å². The molecule has 1 saturated carbocycles. The molecule has 200 valence electrons. The van der Waals surface area contributed by atoms with E-state index >= 15 is 0 Å². The molecule has 3 amide bonds. The third-order valence-corrected chi connectivity index (χ3v) is 9.72. The summed E-state index contributed by atoms with van der Waals surface area (Å²) in [6, 6.07) is 6.23. The first-order chi connectivity index (χ1) is 17.5. The average molecular weight is 547 g/mol. The maximum Gasteiger partial charge on any atom is 0.258 e. The monoisotopic (exact) mass is 546 g/mol. The van der Waals surface area contributed by atoms with E-state index < -0.39 is 28.4 Å². The molecule has 1 aromatic carbocycles. The smallest absolute Gasteiger partial charge is 0.258 e. The van der Waals surface area contributed by atoms with E-state index in [-0.39, 0.29) is 30.7 Å². The molecule has 3 atom stereocenters. The quantitative estimate of drug-likeness (QED) is 0.486. The van der Waals surface area contributed by atoms with Crippen molar-refractivity contribution in [2.45, 2.75) is 81.9 Å². The zero-order valence-electron chi connectivity index (χ0n) is 22.0. The van der Waals surface area contributed by atoms with Crippen molar-refractivity contribution in [3.63, 3.8) is 0 Å². The molecule has 2 aliphatic rings. The minimum atomic E-state index is -1.88. The van der Waals surface area contributed by atoms with Crippen LogP contribution in [0.3, 0.4) is 0 Å². The summed E-state index contributed by atoms with van der Waals surface area (Å²) in [4.78, 5) is 46.5. The Labute approximate surface area is 226 Å². The highest BCUT2D eigenvalue weighted by molar-refractivity contribution is 8.00. The van der Waals surface area contributed by atoms with Crippen LogP contribution >= 0.6 is 23.1 Å². The Morgan fingerprint density at radius 3 is 2.46 bits per heavy atom. The summed E-state index contributed by atoms with van der Waals surface area (Å²) in [7, 11) is 0. The molecule has 4 rings (SSSR count). The number of likely N-dealkylation sites (tertiary alicyclic amines) is 1. The van der Waals surface area contributed by atoms with Gasteiger partial charge in [0.15, 0.2) is 5.67 Å². The second kappa shape index (κ2) is 10.7. The number of nitrogens with one attached hydrogen (secondary N) is 2. The van der Waals surface area contributed by atoms with Gasteiger partial charge in [0.2, 0.25) is 11.8 Å². The number of hydrogen-bond acceptors (Lipinski definition) is 6. The number of thioether (sulfide) groups is 1. The molecule has 0 radical (unpaired) electrons. The van der Waals surface area contributed by atoms with E-state index in [1.54, 1.807) is 16.2 Å². The van der Waals surface area contributed by atoms with Crippen LogP contribution in [0.2, 0.25) is 0 Å². The fourth-order valence-corrected chi connectivity index (χ4v) is 5.82. The van der Waals surface area contributed by atoms with Crippen LogP contribution in [0.15, 0.2) is 29.8 Å². The lowest BCUT2D eigenvalue weighted by Gasteiger charge is -2.37. The van der Waals surface area contributed by atoms with Crippen molar-refractivity contribution < 1.29 is 18.8 Å². The largest absolute Gasteiger partial charge is 0.348 e. The van der Waals surface area contributed by atoms with Crippen LogP contribution in [0.5, 0.6) is 0 Å². The Morgan fingerprint density at radius 2 is 1.89 bits per heavy atom. The van der Waals surface area contributed by atoms with Gasteiger partial charge >= 0.3 is 0 Å². The second-order valence-electron chi connectivity index (χ2n) is 10.5. The number of nitrogens with zero attached hydrogens (tertiary/aromatic N) is 2. The van der Waals surface area contributed by atoms with Gasteiger partial charge in [-0.15, -0.1) is 11.3 Å². The second-order valence-corrected chi connectivity index (χ2v) is 12.8. The molecular formula is C27H35FN4O3S2. The molecule has 2 heterocycles. The molecule has 37 heavy (non-hydrogen) atoms. The normalized spacial score (nSPS) is 20.3. The molecule has 10 heteroatoms. The highest BCUT2D eigenvalue weighted by atomic mass is 32.2. The Hall–Kier alpha value is -2.46. The van der Waals surface area contributed by atoms with Crippen molar-refractivity contribution in [3.05, 3.63) is 41.0 Å². The molecule has 3 unspecified atom stereocenters. The molecule has 1 aromatic heterocycles. The van der Waals surface area contributed by atoms with Gasteiger partial charge in [0.1, 0.15) is 12.1 Å². The lowest BCUT2D eigenvalue weighted by atomic mass is 10.00. The Kier molecular flexibility index (Phi) is 7.99. The Morgan fingerprint density at radius 1 is 1.22 bits per heavy atom. The molecule has 1 aliphatic carbocycles. The number of hydrogen-bond donors (Lipinski definition) is 2. The number of aryl methyl sites for hydroxylation is 1. The van der Waals surface area contributed by atoms with Crippen molar-refractivity contribution >= 4 is 40.8 Å². The van der Waals surface area contributed by atoms with Gasteiger partial charge in [-0.2, -0.15) is 11.8 Å².